The van der Waals surface area contributed by atoms with Crippen LogP contribution in [0.4, 0.5) is 19.0 Å². The SMILES string of the molecule is CCn1c(-c2nonc2N)nc2c(-c3ccccc3)ncc(OC[C@H]3CCCN3)c21.O=C(O)C(F)(F)F. The van der Waals surface area contributed by atoms with Crippen LogP contribution in [0.25, 0.3) is 33.8 Å². The maximum atomic E-state index is 10.6. The third-order valence-corrected chi connectivity index (χ3v) is 5.67. The number of ether oxygens (including phenoxy) is 1. The number of carboxylic acids is 1. The molecule has 0 spiro atoms. The van der Waals surface area contributed by atoms with E-state index in [1.807, 2.05) is 41.8 Å². The first-order valence-corrected chi connectivity index (χ1v) is 11.4. The topological polar surface area (TPSA) is 154 Å². The number of pyridine rings is 1. The summed E-state index contributed by atoms with van der Waals surface area (Å²) in [4.78, 5) is 18.5. The zero-order chi connectivity index (χ0) is 26.6. The van der Waals surface area contributed by atoms with Gasteiger partial charge in [-0.1, -0.05) is 30.3 Å². The maximum Gasteiger partial charge on any atom is 0.490 e. The Labute approximate surface area is 208 Å². The van der Waals surface area contributed by atoms with Crippen LogP contribution in [0.5, 0.6) is 5.75 Å². The third kappa shape index (κ3) is 5.63. The molecule has 14 heteroatoms. The van der Waals surface area contributed by atoms with Crippen molar-refractivity contribution in [1.29, 1.82) is 0 Å². The fourth-order valence-corrected chi connectivity index (χ4v) is 3.95. The number of hydrogen-bond acceptors (Lipinski definition) is 9. The van der Waals surface area contributed by atoms with Crippen LogP contribution in [0.3, 0.4) is 0 Å². The summed E-state index contributed by atoms with van der Waals surface area (Å²) in [5.74, 6) is -1.28. The van der Waals surface area contributed by atoms with Crippen LogP contribution in [-0.4, -0.2) is 61.3 Å². The number of nitrogens with one attached hydrogen (secondary N) is 1. The van der Waals surface area contributed by atoms with Crippen molar-refractivity contribution in [2.24, 2.45) is 0 Å². The molecule has 11 nitrogen and oxygen atoms in total. The van der Waals surface area contributed by atoms with Crippen LogP contribution >= 0.6 is 0 Å². The first-order chi connectivity index (χ1) is 17.7. The molecule has 1 aromatic carbocycles. The molecule has 0 aliphatic carbocycles. The van der Waals surface area contributed by atoms with Crippen molar-refractivity contribution in [3.63, 3.8) is 0 Å². The van der Waals surface area contributed by atoms with E-state index in [0.29, 0.717) is 36.5 Å². The Morgan fingerprint density at radius 1 is 1.27 bits per heavy atom. The fraction of sp³-hybridized carbons (Fsp3) is 0.348. The lowest BCUT2D eigenvalue weighted by atomic mass is 10.1. The molecule has 1 fully saturated rings. The second-order valence-electron chi connectivity index (χ2n) is 8.12. The molecule has 1 atom stereocenters. The number of aryl methyl sites for hydroxylation is 1. The Kier molecular flexibility index (Phi) is 7.57. The average Bonchev–Trinajstić information content (AvgIpc) is 3.62. The van der Waals surface area contributed by atoms with Crippen LogP contribution in [0.15, 0.2) is 41.2 Å². The second-order valence-corrected chi connectivity index (χ2v) is 8.12. The number of nitrogens with zero attached hydrogens (tertiary/aromatic N) is 5. The zero-order valence-electron chi connectivity index (χ0n) is 19.7. The van der Waals surface area contributed by atoms with Crippen molar-refractivity contribution in [2.45, 2.75) is 38.5 Å². The van der Waals surface area contributed by atoms with Crippen LogP contribution in [0.2, 0.25) is 0 Å². The van der Waals surface area contributed by atoms with Crippen LogP contribution in [0.1, 0.15) is 19.8 Å². The number of aromatic nitrogens is 5. The molecule has 37 heavy (non-hydrogen) atoms. The third-order valence-electron chi connectivity index (χ3n) is 5.67. The number of carbonyl (C=O) groups is 1. The van der Waals surface area contributed by atoms with Gasteiger partial charge < -0.3 is 25.5 Å². The van der Waals surface area contributed by atoms with Gasteiger partial charge in [0.05, 0.1) is 11.9 Å². The Bertz CT molecular complexity index is 1370. The summed E-state index contributed by atoms with van der Waals surface area (Å²) in [6.07, 6.45) is -1.02. The summed E-state index contributed by atoms with van der Waals surface area (Å²) in [6.45, 7) is 4.30. The lowest BCUT2D eigenvalue weighted by molar-refractivity contribution is -0.192. The summed E-state index contributed by atoms with van der Waals surface area (Å²) < 4.78 is 44.8. The molecule has 4 aromatic rings. The molecule has 0 saturated carbocycles. The molecular weight excluding hydrogens is 495 g/mol. The Morgan fingerprint density at radius 2 is 2.00 bits per heavy atom. The predicted molar refractivity (Wildman–Crippen MR) is 127 cm³/mol. The number of carboxylic acid groups (broad SMARTS) is 1. The largest absolute Gasteiger partial charge is 0.490 e. The molecule has 196 valence electrons. The van der Waals surface area contributed by atoms with E-state index in [1.165, 1.54) is 6.42 Å². The highest BCUT2D eigenvalue weighted by atomic mass is 19.4. The van der Waals surface area contributed by atoms with Gasteiger partial charge in [0.15, 0.2) is 23.1 Å². The molecule has 3 aromatic heterocycles. The highest BCUT2D eigenvalue weighted by Crippen LogP contribution is 2.36. The van der Waals surface area contributed by atoms with E-state index in [4.69, 9.17) is 35.0 Å². The van der Waals surface area contributed by atoms with Gasteiger partial charge in [0.1, 0.15) is 17.6 Å². The molecule has 0 radical (unpaired) electrons. The lowest BCUT2D eigenvalue weighted by Gasteiger charge is -2.15. The number of aliphatic carboxylic acids is 1. The van der Waals surface area contributed by atoms with E-state index in [9.17, 15) is 13.2 Å². The van der Waals surface area contributed by atoms with E-state index < -0.39 is 12.1 Å². The number of imidazole rings is 1. The number of anilines is 1. The van der Waals surface area contributed by atoms with Gasteiger partial charge >= 0.3 is 12.1 Å². The molecule has 1 saturated heterocycles. The number of rotatable bonds is 6. The summed E-state index contributed by atoms with van der Waals surface area (Å²) in [5, 5.41) is 18.3. The summed E-state index contributed by atoms with van der Waals surface area (Å²) >= 11 is 0. The quantitative estimate of drug-likeness (QED) is 0.345. The monoisotopic (exact) mass is 519 g/mol. The minimum atomic E-state index is -5.08. The number of alkyl halides is 3. The standard InChI is InChI=1S/C21H23N7O2.C2HF3O2/c1-2-28-19-15(29-12-14-9-6-10-23-14)11-24-16(13-7-4-3-5-8-13)17(19)25-21(28)18-20(22)27-30-26-18;3-2(4,5)1(6)7/h3-5,7-8,11,14,23H,2,6,9-10,12H2,1H3,(H2,22,27);(H,6,7)/t14-;/m1./s1. The van der Waals surface area contributed by atoms with Crippen molar-refractivity contribution in [3.8, 4) is 28.5 Å². The van der Waals surface area contributed by atoms with Gasteiger partial charge in [0, 0.05) is 18.2 Å². The Balaban J connectivity index is 0.000000405. The Morgan fingerprint density at radius 3 is 2.57 bits per heavy atom. The van der Waals surface area contributed by atoms with Gasteiger partial charge in [-0.05, 0) is 36.6 Å². The van der Waals surface area contributed by atoms with E-state index >= 15 is 0 Å². The van der Waals surface area contributed by atoms with Crippen molar-refractivity contribution in [1.82, 2.24) is 30.2 Å². The van der Waals surface area contributed by atoms with Crippen molar-refractivity contribution in [2.75, 3.05) is 18.9 Å². The maximum absolute atomic E-state index is 10.6. The number of fused-ring (bicyclic) bond motifs is 1. The summed E-state index contributed by atoms with van der Waals surface area (Å²) in [5.41, 5.74) is 9.73. The van der Waals surface area contributed by atoms with E-state index in [1.54, 1.807) is 6.20 Å². The van der Waals surface area contributed by atoms with Crippen LogP contribution in [-0.2, 0) is 11.3 Å². The summed E-state index contributed by atoms with van der Waals surface area (Å²) in [7, 11) is 0. The minimum Gasteiger partial charge on any atom is -0.488 e. The zero-order valence-corrected chi connectivity index (χ0v) is 19.7. The van der Waals surface area contributed by atoms with Gasteiger partial charge in [0.2, 0.25) is 0 Å². The normalized spacial score (nSPS) is 15.4. The lowest BCUT2D eigenvalue weighted by Crippen LogP contribution is -2.28. The summed E-state index contributed by atoms with van der Waals surface area (Å²) in [6, 6.07) is 10.3. The molecule has 1 aliphatic rings. The molecular formula is C23H24F3N7O4. The van der Waals surface area contributed by atoms with Gasteiger partial charge in [-0.3, -0.25) is 0 Å². The number of halogens is 3. The molecule has 1 aliphatic heterocycles. The molecule has 0 bridgehead atoms. The number of hydrogen-bond donors (Lipinski definition) is 3. The highest BCUT2D eigenvalue weighted by Gasteiger charge is 2.38. The number of benzene rings is 1. The molecule has 5 rings (SSSR count). The van der Waals surface area contributed by atoms with Crippen molar-refractivity contribution < 1.29 is 32.4 Å². The van der Waals surface area contributed by atoms with Gasteiger partial charge in [-0.25, -0.2) is 19.4 Å². The minimum absolute atomic E-state index is 0.201. The first kappa shape index (κ1) is 25.9. The van der Waals surface area contributed by atoms with Crippen LogP contribution in [0, 0.1) is 0 Å². The van der Waals surface area contributed by atoms with Gasteiger partial charge in [-0.15, -0.1) is 0 Å². The van der Waals surface area contributed by atoms with E-state index in [-0.39, 0.29) is 5.82 Å². The van der Waals surface area contributed by atoms with Gasteiger partial charge in [-0.2, -0.15) is 13.2 Å². The van der Waals surface area contributed by atoms with E-state index in [2.05, 4.69) is 15.6 Å². The Hall–Kier alpha value is -4.20. The number of nitrogens with two attached hydrogens (primary N) is 1. The van der Waals surface area contributed by atoms with E-state index in [0.717, 1.165) is 35.3 Å². The van der Waals surface area contributed by atoms with Crippen molar-refractivity contribution >= 4 is 22.8 Å². The average molecular weight is 519 g/mol. The fourth-order valence-electron chi connectivity index (χ4n) is 3.95. The second kappa shape index (κ2) is 10.8. The molecule has 0 amide bonds. The van der Waals surface area contributed by atoms with Crippen molar-refractivity contribution in [3.05, 3.63) is 36.5 Å². The molecule has 4 heterocycles. The molecule has 4 N–H and O–H groups in total. The predicted octanol–water partition coefficient (Wildman–Crippen LogP) is 3.51. The van der Waals surface area contributed by atoms with Crippen LogP contribution < -0.4 is 15.8 Å². The number of nitrogen functional groups attached to an aromatic ring is 1. The molecule has 0 unspecified atom stereocenters. The van der Waals surface area contributed by atoms with Gasteiger partial charge in [0.25, 0.3) is 0 Å². The first-order valence-electron chi connectivity index (χ1n) is 11.4. The smallest absolute Gasteiger partial charge is 0.488 e. The highest BCUT2D eigenvalue weighted by molar-refractivity contribution is 5.95.